The van der Waals surface area contributed by atoms with Gasteiger partial charge in [0.05, 0.1) is 40.7 Å². The fraction of sp³-hybridized carbons (Fsp3) is 0.318. The van der Waals surface area contributed by atoms with Gasteiger partial charge in [0.2, 0.25) is 0 Å². The van der Waals surface area contributed by atoms with Gasteiger partial charge in [-0.25, -0.2) is 0 Å². The zero-order chi connectivity index (χ0) is 20.6. The normalized spacial score (nSPS) is 21.7. The average molecular weight is 453 g/mol. The Labute approximate surface area is 177 Å². The van der Waals surface area contributed by atoms with E-state index in [1.165, 1.54) is 0 Å². The Bertz CT molecular complexity index is 1110. The lowest BCUT2D eigenvalue weighted by Gasteiger charge is -2.32. The summed E-state index contributed by atoms with van der Waals surface area (Å²) < 4.78 is 2.84. The van der Waals surface area contributed by atoms with Gasteiger partial charge in [0.15, 0.2) is 0 Å². The molecule has 1 fully saturated rings. The topological polar surface area (TPSA) is 90.9 Å². The lowest BCUT2D eigenvalue weighted by Crippen LogP contribution is -2.33. The zero-order valence-corrected chi connectivity index (χ0v) is 17.6. The van der Waals surface area contributed by atoms with Crippen molar-refractivity contribution >= 4 is 38.4 Å². The Hall–Kier alpha value is -2.69. The van der Waals surface area contributed by atoms with Crippen molar-refractivity contribution < 1.29 is 9.90 Å². The molecule has 148 valence electrons. The number of pyridine rings is 1. The van der Waals surface area contributed by atoms with Crippen LogP contribution in [0.5, 0.6) is 0 Å². The van der Waals surface area contributed by atoms with Crippen molar-refractivity contribution in [2.75, 3.05) is 5.32 Å². The van der Waals surface area contributed by atoms with Gasteiger partial charge in [-0.15, -0.1) is 0 Å². The van der Waals surface area contributed by atoms with E-state index in [4.69, 9.17) is 0 Å². The number of hydrogen-bond donors (Lipinski definition) is 2. The SMILES string of the molecule is Cn1cc(C(=O)Nc2ccc([C@]3(C#N)CC[C@@H](O)CC3)nc2)c2cc(Br)ccc21. The number of benzene rings is 1. The smallest absolute Gasteiger partial charge is 0.257 e. The number of carbonyl (C=O) groups excluding carboxylic acids is 1. The molecule has 2 aromatic heterocycles. The van der Waals surface area contributed by atoms with Gasteiger partial charge in [-0.2, -0.15) is 5.26 Å². The van der Waals surface area contributed by atoms with E-state index in [9.17, 15) is 15.2 Å². The molecule has 1 aliphatic rings. The molecule has 7 heteroatoms. The molecule has 0 atom stereocenters. The maximum atomic E-state index is 12.8. The van der Waals surface area contributed by atoms with Crippen LogP contribution in [0, 0.1) is 11.3 Å². The van der Waals surface area contributed by atoms with Gasteiger partial charge >= 0.3 is 0 Å². The first-order chi connectivity index (χ1) is 13.9. The summed E-state index contributed by atoms with van der Waals surface area (Å²) in [5.41, 5.74) is 2.17. The van der Waals surface area contributed by atoms with Crippen molar-refractivity contribution in [3.63, 3.8) is 0 Å². The lowest BCUT2D eigenvalue weighted by atomic mass is 9.72. The van der Waals surface area contributed by atoms with Crippen LogP contribution in [0.1, 0.15) is 41.7 Å². The third kappa shape index (κ3) is 3.66. The highest BCUT2D eigenvalue weighted by molar-refractivity contribution is 9.10. The maximum absolute atomic E-state index is 12.8. The van der Waals surface area contributed by atoms with Crippen LogP contribution in [0.3, 0.4) is 0 Å². The van der Waals surface area contributed by atoms with Gasteiger partial charge in [-0.1, -0.05) is 15.9 Å². The fourth-order valence-electron chi connectivity index (χ4n) is 4.02. The van der Waals surface area contributed by atoms with Crippen LogP contribution in [0.4, 0.5) is 5.69 Å². The molecule has 2 heterocycles. The molecule has 1 saturated carbocycles. The largest absolute Gasteiger partial charge is 0.393 e. The molecule has 1 aliphatic carbocycles. The molecule has 0 spiro atoms. The fourth-order valence-corrected chi connectivity index (χ4v) is 4.38. The molecule has 1 amide bonds. The summed E-state index contributed by atoms with van der Waals surface area (Å²) in [4.78, 5) is 17.3. The predicted octanol–water partition coefficient (Wildman–Crippen LogP) is 4.28. The van der Waals surface area contributed by atoms with Gasteiger partial charge in [-0.3, -0.25) is 9.78 Å². The van der Waals surface area contributed by atoms with Crippen LogP contribution in [0.2, 0.25) is 0 Å². The first-order valence-electron chi connectivity index (χ1n) is 9.54. The standard InChI is InChI=1S/C22H21BrN4O2/c1-27-12-18(17-10-14(23)2-4-19(17)27)21(29)26-15-3-5-20(25-11-15)22(13-24)8-6-16(28)7-9-22/h2-5,10-12,16,28H,6-9H2,1H3,(H,26,29)/t16-,22-. The monoisotopic (exact) mass is 452 g/mol. The van der Waals surface area contributed by atoms with Crippen LogP contribution >= 0.6 is 15.9 Å². The second kappa shape index (κ2) is 7.62. The first kappa shape index (κ1) is 19.6. The summed E-state index contributed by atoms with van der Waals surface area (Å²) in [7, 11) is 1.91. The van der Waals surface area contributed by atoms with Gasteiger partial charge < -0.3 is 15.0 Å². The van der Waals surface area contributed by atoms with Gasteiger partial charge in [-0.05, 0) is 56.0 Å². The molecular weight excluding hydrogens is 432 g/mol. The van der Waals surface area contributed by atoms with Crippen molar-refractivity contribution in [3.05, 3.63) is 58.5 Å². The van der Waals surface area contributed by atoms with E-state index in [0.717, 1.165) is 15.4 Å². The number of halogens is 1. The number of nitrogens with zero attached hydrogens (tertiary/aromatic N) is 3. The second-order valence-electron chi connectivity index (χ2n) is 7.63. The van der Waals surface area contributed by atoms with E-state index in [2.05, 4.69) is 32.3 Å². The van der Waals surface area contributed by atoms with Crippen LogP contribution in [-0.4, -0.2) is 26.7 Å². The molecule has 3 aromatic rings. The second-order valence-corrected chi connectivity index (χ2v) is 8.54. The van der Waals surface area contributed by atoms with Crippen molar-refractivity contribution in [3.8, 4) is 6.07 Å². The third-order valence-electron chi connectivity index (χ3n) is 5.73. The highest BCUT2D eigenvalue weighted by Gasteiger charge is 2.37. The Balaban J connectivity index is 1.56. The first-order valence-corrected chi connectivity index (χ1v) is 10.3. The highest BCUT2D eigenvalue weighted by atomic mass is 79.9. The molecule has 6 nitrogen and oxygen atoms in total. The molecule has 0 aliphatic heterocycles. The quantitative estimate of drug-likeness (QED) is 0.619. The summed E-state index contributed by atoms with van der Waals surface area (Å²) >= 11 is 3.46. The number of aryl methyl sites for hydroxylation is 1. The van der Waals surface area contributed by atoms with Crippen LogP contribution in [0.15, 0.2) is 47.2 Å². The molecule has 29 heavy (non-hydrogen) atoms. The third-order valence-corrected chi connectivity index (χ3v) is 6.22. The van der Waals surface area contributed by atoms with Gasteiger partial charge in [0.25, 0.3) is 5.91 Å². The van der Waals surface area contributed by atoms with E-state index in [0.29, 0.717) is 42.6 Å². The number of amides is 1. The van der Waals surface area contributed by atoms with Crippen molar-refractivity contribution in [1.29, 1.82) is 5.26 Å². The minimum atomic E-state index is -0.663. The number of nitriles is 1. The Morgan fingerprint density at radius 1 is 1.34 bits per heavy atom. The molecule has 4 rings (SSSR count). The number of aliphatic hydroxyl groups excluding tert-OH is 1. The maximum Gasteiger partial charge on any atom is 0.257 e. The number of rotatable bonds is 3. The van der Waals surface area contributed by atoms with E-state index in [1.54, 1.807) is 18.3 Å². The molecule has 0 saturated heterocycles. The molecule has 0 bridgehead atoms. The summed E-state index contributed by atoms with van der Waals surface area (Å²) in [6.45, 7) is 0. The predicted molar refractivity (Wildman–Crippen MR) is 115 cm³/mol. The highest BCUT2D eigenvalue weighted by Crippen LogP contribution is 2.38. The van der Waals surface area contributed by atoms with Crippen LogP contribution in [0.25, 0.3) is 10.9 Å². The van der Waals surface area contributed by atoms with Crippen LogP contribution < -0.4 is 5.32 Å². The number of aromatic nitrogens is 2. The Kier molecular flexibility index (Phi) is 5.15. The Morgan fingerprint density at radius 3 is 2.76 bits per heavy atom. The summed E-state index contributed by atoms with van der Waals surface area (Å²) in [6.07, 6.45) is 5.46. The van der Waals surface area contributed by atoms with Crippen molar-refractivity contribution in [1.82, 2.24) is 9.55 Å². The number of hydrogen-bond acceptors (Lipinski definition) is 4. The number of nitrogens with one attached hydrogen (secondary N) is 1. The van der Waals surface area contributed by atoms with E-state index < -0.39 is 5.41 Å². The van der Waals surface area contributed by atoms with E-state index in [-0.39, 0.29) is 12.0 Å². The number of anilines is 1. The van der Waals surface area contributed by atoms with Crippen molar-refractivity contribution in [2.45, 2.75) is 37.2 Å². The minimum Gasteiger partial charge on any atom is -0.393 e. The minimum absolute atomic E-state index is 0.209. The lowest BCUT2D eigenvalue weighted by molar-refractivity contribution is 0.102. The summed E-state index contributed by atoms with van der Waals surface area (Å²) in [5, 5.41) is 23.2. The molecular formula is C22H21BrN4O2. The van der Waals surface area contributed by atoms with E-state index in [1.807, 2.05) is 36.0 Å². The molecule has 1 aromatic carbocycles. The summed E-state index contributed by atoms with van der Waals surface area (Å²) in [6, 6.07) is 11.8. The number of fused-ring (bicyclic) bond motifs is 1. The summed E-state index contributed by atoms with van der Waals surface area (Å²) in [5.74, 6) is -0.209. The zero-order valence-electron chi connectivity index (χ0n) is 16.0. The number of aliphatic hydroxyl groups is 1. The van der Waals surface area contributed by atoms with E-state index >= 15 is 0 Å². The van der Waals surface area contributed by atoms with Crippen molar-refractivity contribution in [2.24, 2.45) is 7.05 Å². The number of carbonyl (C=O) groups is 1. The molecule has 0 unspecified atom stereocenters. The van der Waals surface area contributed by atoms with Gasteiger partial charge in [0.1, 0.15) is 0 Å². The average Bonchev–Trinajstić information content (AvgIpc) is 3.05. The Morgan fingerprint density at radius 2 is 2.10 bits per heavy atom. The van der Waals surface area contributed by atoms with Crippen LogP contribution in [-0.2, 0) is 12.5 Å². The molecule has 2 N–H and O–H groups in total. The molecule has 0 radical (unpaired) electrons. The van der Waals surface area contributed by atoms with Gasteiger partial charge in [0, 0.05) is 28.6 Å².